The monoisotopic (exact) mass is 255 g/mol. The van der Waals surface area contributed by atoms with Gasteiger partial charge in [0.1, 0.15) is 5.56 Å². The molecule has 1 aromatic heterocycles. The van der Waals surface area contributed by atoms with Crippen LogP contribution in [0.4, 0.5) is 13.2 Å². The van der Waals surface area contributed by atoms with Crippen LogP contribution >= 0.6 is 11.6 Å². The number of ether oxygens (including phenoxy) is 1. The van der Waals surface area contributed by atoms with Gasteiger partial charge in [-0.1, -0.05) is 0 Å². The van der Waals surface area contributed by atoms with Crippen molar-refractivity contribution in [2.75, 3.05) is 0 Å². The molecule has 8 heteroatoms. The average molecular weight is 256 g/mol. The van der Waals surface area contributed by atoms with Crippen LogP contribution < -0.4 is 4.74 Å². The Morgan fingerprint density at radius 3 is 2.56 bits per heavy atom. The minimum atomic E-state index is -5.04. The summed E-state index contributed by atoms with van der Waals surface area (Å²) in [5.74, 6) is -1.95. The van der Waals surface area contributed by atoms with Crippen molar-refractivity contribution in [3.63, 3.8) is 0 Å². The summed E-state index contributed by atoms with van der Waals surface area (Å²) in [6, 6.07) is 0. The molecular weight excluding hydrogens is 251 g/mol. The third-order valence-corrected chi connectivity index (χ3v) is 1.81. The highest BCUT2D eigenvalue weighted by Crippen LogP contribution is 2.36. The molecular formula is C8H5ClF3NO3. The molecule has 0 saturated heterocycles. The highest BCUT2D eigenvalue weighted by molar-refractivity contribution is 6.68. The second-order valence-corrected chi connectivity index (χ2v) is 3.10. The Kier molecular flexibility index (Phi) is 3.27. The van der Waals surface area contributed by atoms with Gasteiger partial charge in [-0.3, -0.25) is 9.78 Å². The molecule has 0 spiro atoms. The fourth-order valence-corrected chi connectivity index (χ4v) is 1.25. The highest BCUT2D eigenvalue weighted by atomic mass is 35.5. The normalized spacial score (nSPS) is 11.3. The van der Waals surface area contributed by atoms with Crippen molar-refractivity contribution in [1.29, 1.82) is 0 Å². The summed E-state index contributed by atoms with van der Waals surface area (Å²) in [6.45, 7) is 1.26. The van der Waals surface area contributed by atoms with Crippen LogP contribution in [0.5, 0.6) is 11.5 Å². The van der Waals surface area contributed by atoms with E-state index in [-0.39, 0.29) is 5.69 Å². The van der Waals surface area contributed by atoms with E-state index >= 15 is 0 Å². The molecule has 1 heterocycles. The minimum absolute atomic E-state index is 0.0722. The van der Waals surface area contributed by atoms with Gasteiger partial charge in [0, 0.05) is 0 Å². The molecule has 0 atom stereocenters. The van der Waals surface area contributed by atoms with Crippen molar-refractivity contribution < 1.29 is 27.8 Å². The zero-order chi connectivity index (χ0) is 12.5. The zero-order valence-corrected chi connectivity index (χ0v) is 8.56. The summed E-state index contributed by atoms with van der Waals surface area (Å²) in [5.41, 5.74) is -0.684. The Morgan fingerprint density at radius 2 is 2.12 bits per heavy atom. The lowest BCUT2D eigenvalue weighted by Gasteiger charge is -2.13. The smallest absolute Gasteiger partial charge is 0.503 e. The van der Waals surface area contributed by atoms with Gasteiger partial charge in [-0.25, -0.2) is 0 Å². The molecule has 0 aliphatic heterocycles. The predicted octanol–water partition coefficient (Wildman–Crippen LogP) is 2.37. The van der Waals surface area contributed by atoms with Crippen molar-refractivity contribution in [3.05, 3.63) is 17.5 Å². The van der Waals surface area contributed by atoms with Crippen LogP contribution in [-0.4, -0.2) is 21.7 Å². The number of carbonyl (C=O) groups is 1. The van der Waals surface area contributed by atoms with Crippen LogP contribution in [0.1, 0.15) is 16.1 Å². The number of rotatable bonds is 2. The Balaban J connectivity index is 3.35. The molecule has 16 heavy (non-hydrogen) atoms. The van der Waals surface area contributed by atoms with Crippen molar-refractivity contribution in [2.45, 2.75) is 13.3 Å². The molecule has 0 unspecified atom stereocenters. The number of nitrogens with zero attached hydrogens (tertiary/aromatic N) is 1. The van der Waals surface area contributed by atoms with Gasteiger partial charge in [-0.15, -0.1) is 13.2 Å². The van der Waals surface area contributed by atoms with E-state index in [1.165, 1.54) is 6.92 Å². The molecule has 88 valence electrons. The van der Waals surface area contributed by atoms with E-state index in [2.05, 4.69) is 9.72 Å². The summed E-state index contributed by atoms with van der Waals surface area (Å²) in [7, 11) is 0. The van der Waals surface area contributed by atoms with Gasteiger partial charge in [0.15, 0.2) is 11.5 Å². The van der Waals surface area contributed by atoms with Gasteiger partial charge in [0.05, 0.1) is 11.9 Å². The number of pyridine rings is 1. The molecule has 0 aliphatic rings. The maximum absolute atomic E-state index is 12.0. The van der Waals surface area contributed by atoms with Crippen LogP contribution in [0.15, 0.2) is 6.20 Å². The molecule has 0 amide bonds. The van der Waals surface area contributed by atoms with Crippen molar-refractivity contribution in [1.82, 2.24) is 4.98 Å². The van der Waals surface area contributed by atoms with E-state index in [1.807, 2.05) is 0 Å². The quantitative estimate of drug-likeness (QED) is 0.824. The molecule has 0 radical (unpaired) electrons. The molecule has 0 bridgehead atoms. The predicted molar refractivity (Wildman–Crippen MR) is 47.5 cm³/mol. The van der Waals surface area contributed by atoms with E-state index in [0.29, 0.717) is 0 Å². The Labute approximate surface area is 92.6 Å². The summed E-state index contributed by atoms with van der Waals surface area (Å²) in [6.07, 6.45) is -4.30. The number of halogens is 4. The molecule has 1 aromatic rings. The number of carbonyl (C=O) groups excluding carboxylic acids is 1. The van der Waals surface area contributed by atoms with Crippen molar-refractivity contribution in [3.8, 4) is 11.5 Å². The number of alkyl halides is 3. The summed E-state index contributed by atoms with van der Waals surface area (Å²) < 4.78 is 39.5. The van der Waals surface area contributed by atoms with Crippen molar-refractivity contribution in [2.24, 2.45) is 0 Å². The zero-order valence-electron chi connectivity index (χ0n) is 7.80. The first-order valence-electron chi connectivity index (χ1n) is 3.86. The highest BCUT2D eigenvalue weighted by Gasteiger charge is 2.35. The van der Waals surface area contributed by atoms with Gasteiger partial charge >= 0.3 is 6.36 Å². The number of hydrogen-bond donors (Lipinski definition) is 1. The van der Waals surface area contributed by atoms with E-state index in [9.17, 15) is 18.0 Å². The maximum Gasteiger partial charge on any atom is 0.573 e. The topological polar surface area (TPSA) is 59.4 Å². The van der Waals surface area contributed by atoms with Crippen LogP contribution in [0.3, 0.4) is 0 Å². The van der Waals surface area contributed by atoms with E-state index in [1.54, 1.807) is 0 Å². The summed E-state index contributed by atoms with van der Waals surface area (Å²) >= 11 is 5.08. The third kappa shape index (κ3) is 2.75. The molecule has 0 fully saturated rings. The molecule has 4 nitrogen and oxygen atoms in total. The van der Waals surface area contributed by atoms with E-state index in [0.717, 1.165) is 6.20 Å². The lowest BCUT2D eigenvalue weighted by molar-refractivity contribution is -0.275. The Morgan fingerprint density at radius 1 is 1.56 bits per heavy atom. The summed E-state index contributed by atoms with van der Waals surface area (Å²) in [4.78, 5) is 14.4. The second kappa shape index (κ2) is 4.17. The van der Waals surface area contributed by atoms with E-state index in [4.69, 9.17) is 16.7 Å². The first-order valence-corrected chi connectivity index (χ1v) is 4.24. The van der Waals surface area contributed by atoms with Gasteiger partial charge in [0.2, 0.25) is 0 Å². The lowest BCUT2D eigenvalue weighted by Crippen LogP contribution is -2.19. The Bertz CT molecular complexity index is 433. The fraction of sp³-hybridized carbons (Fsp3) is 0.250. The van der Waals surface area contributed by atoms with Gasteiger partial charge in [-0.05, 0) is 18.5 Å². The third-order valence-electron chi connectivity index (χ3n) is 1.62. The van der Waals surface area contributed by atoms with Gasteiger partial charge in [0.25, 0.3) is 5.24 Å². The van der Waals surface area contributed by atoms with E-state index < -0.39 is 28.7 Å². The fourth-order valence-electron chi connectivity index (χ4n) is 1.02. The van der Waals surface area contributed by atoms with Crippen LogP contribution in [0.25, 0.3) is 0 Å². The first kappa shape index (κ1) is 12.6. The summed E-state index contributed by atoms with van der Waals surface area (Å²) in [5, 5.41) is 7.94. The second-order valence-electron chi connectivity index (χ2n) is 2.75. The number of aryl methyl sites for hydroxylation is 1. The molecule has 0 aliphatic carbocycles. The SMILES string of the molecule is Cc1ncc(O)c(OC(F)(F)F)c1C(=O)Cl. The number of aromatic hydroxyl groups is 1. The van der Waals surface area contributed by atoms with Gasteiger partial charge < -0.3 is 9.84 Å². The Hall–Kier alpha value is -1.50. The number of aromatic nitrogens is 1. The largest absolute Gasteiger partial charge is 0.573 e. The molecule has 1 N–H and O–H groups in total. The average Bonchev–Trinajstić information content (AvgIpc) is 2.08. The first-order chi connectivity index (χ1) is 7.22. The maximum atomic E-state index is 12.0. The number of hydrogen-bond acceptors (Lipinski definition) is 4. The van der Waals surface area contributed by atoms with Crippen LogP contribution in [-0.2, 0) is 0 Å². The lowest BCUT2D eigenvalue weighted by atomic mass is 10.2. The standard InChI is InChI=1S/C8H5ClF3NO3/c1-3-5(7(9)15)6(4(14)2-13-3)16-8(10,11)12/h2,14H,1H3. The van der Waals surface area contributed by atoms with Crippen LogP contribution in [0, 0.1) is 6.92 Å². The molecule has 0 aromatic carbocycles. The van der Waals surface area contributed by atoms with Gasteiger partial charge in [-0.2, -0.15) is 0 Å². The van der Waals surface area contributed by atoms with Crippen molar-refractivity contribution >= 4 is 16.8 Å². The molecule has 0 saturated carbocycles. The van der Waals surface area contributed by atoms with Crippen LogP contribution in [0.2, 0.25) is 0 Å². The molecule has 1 rings (SSSR count). The minimum Gasteiger partial charge on any atom is -0.503 e.